The largest absolute Gasteiger partial charge is 0.507 e. The first-order chi connectivity index (χ1) is 13.5. The summed E-state index contributed by atoms with van der Waals surface area (Å²) in [5.41, 5.74) is 2.89. The third kappa shape index (κ3) is 3.03. The van der Waals surface area contributed by atoms with Gasteiger partial charge in [0.05, 0.1) is 11.3 Å². The highest BCUT2D eigenvalue weighted by Gasteiger charge is 2.19. The minimum Gasteiger partial charge on any atom is -0.507 e. The average Bonchev–Trinajstić information content (AvgIpc) is 3.13. The Balaban J connectivity index is 1.71. The van der Waals surface area contributed by atoms with Crippen molar-refractivity contribution in [2.24, 2.45) is 7.05 Å². The summed E-state index contributed by atoms with van der Waals surface area (Å²) in [5, 5.41) is 11.1. The second-order valence-corrected chi connectivity index (χ2v) is 6.77. The van der Waals surface area contributed by atoms with E-state index in [0.717, 1.165) is 10.9 Å². The molecule has 0 aliphatic rings. The van der Waals surface area contributed by atoms with Gasteiger partial charge in [-0.15, -0.1) is 0 Å². The Bertz CT molecular complexity index is 1220. The molecule has 0 saturated heterocycles. The molecule has 0 radical (unpaired) electrons. The highest BCUT2D eigenvalue weighted by atomic mass is 16.5. The van der Waals surface area contributed by atoms with Crippen LogP contribution in [-0.4, -0.2) is 14.7 Å². The predicted molar refractivity (Wildman–Crippen MR) is 107 cm³/mol. The van der Waals surface area contributed by atoms with Gasteiger partial charge in [-0.2, -0.15) is 0 Å². The molecule has 4 aromatic rings. The molecule has 0 fully saturated rings. The molecule has 0 aliphatic carbocycles. The van der Waals surface area contributed by atoms with E-state index in [1.807, 2.05) is 36.4 Å². The first-order valence-electron chi connectivity index (χ1n) is 8.90. The Morgan fingerprint density at radius 1 is 1.18 bits per heavy atom. The third-order valence-corrected chi connectivity index (χ3v) is 4.88. The Morgan fingerprint density at radius 3 is 2.75 bits per heavy atom. The van der Waals surface area contributed by atoms with E-state index in [4.69, 9.17) is 9.15 Å². The van der Waals surface area contributed by atoms with E-state index in [0.29, 0.717) is 40.5 Å². The molecule has 0 spiro atoms. The average molecular weight is 376 g/mol. The van der Waals surface area contributed by atoms with Crippen LogP contribution in [0.15, 0.2) is 58.0 Å². The maximum atomic E-state index is 12.4. The summed E-state index contributed by atoms with van der Waals surface area (Å²) in [7, 11) is 1.67. The van der Waals surface area contributed by atoms with Gasteiger partial charge >= 0.3 is 0 Å². The summed E-state index contributed by atoms with van der Waals surface area (Å²) in [4.78, 5) is 16.4. The SMILES string of the molecule is Cc1c(O)c(C)c(=O)n(C)c1-c1cc2cc(OCc3cccnc3)ccc2o1. The molecule has 0 unspecified atom stereocenters. The second-order valence-electron chi connectivity index (χ2n) is 6.77. The Morgan fingerprint density at radius 2 is 2.00 bits per heavy atom. The summed E-state index contributed by atoms with van der Waals surface area (Å²) in [6, 6.07) is 11.2. The number of fused-ring (bicyclic) bond motifs is 1. The zero-order valence-electron chi connectivity index (χ0n) is 15.9. The zero-order valence-corrected chi connectivity index (χ0v) is 15.9. The van der Waals surface area contributed by atoms with Gasteiger partial charge in [-0.3, -0.25) is 9.78 Å². The third-order valence-electron chi connectivity index (χ3n) is 4.88. The van der Waals surface area contributed by atoms with E-state index in [1.54, 1.807) is 33.3 Å². The number of aromatic nitrogens is 2. The van der Waals surface area contributed by atoms with E-state index >= 15 is 0 Å². The Hall–Kier alpha value is -3.54. The lowest BCUT2D eigenvalue weighted by atomic mass is 10.1. The van der Waals surface area contributed by atoms with Crippen LogP contribution in [0, 0.1) is 13.8 Å². The summed E-state index contributed by atoms with van der Waals surface area (Å²) < 4.78 is 13.3. The van der Waals surface area contributed by atoms with E-state index in [9.17, 15) is 9.90 Å². The second kappa shape index (κ2) is 6.88. The monoisotopic (exact) mass is 376 g/mol. The first kappa shape index (κ1) is 17.9. The number of furan rings is 1. The van der Waals surface area contributed by atoms with Crippen molar-refractivity contribution in [2.75, 3.05) is 0 Å². The molecule has 4 rings (SSSR count). The minimum atomic E-state index is -0.251. The van der Waals surface area contributed by atoms with Gasteiger partial charge in [-0.1, -0.05) is 6.07 Å². The lowest BCUT2D eigenvalue weighted by molar-refractivity contribution is 0.306. The van der Waals surface area contributed by atoms with Crippen molar-refractivity contribution in [3.8, 4) is 23.0 Å². The number of benzene rings is 1. The highest BCUT2D eigenvalue weighted by Crippen LogP contribution is 2.34. The fraction of sp³-hybridized carbons (Fsp3) is 0.182. The van der Waals surface area contributed by atoms with Gasteiger partial charge in [0.15, 0.2) is 5.76 Å². The van der Waals surface area contributed by atoms with Gasteiger partial charge in [-0.05, 0) is 44.2 Å². The fourth-order valence-corrected chi connectivity index (χ4v) is 3.33. The van der Waals surface area contributed by atoms with Gasteiger partial charge in [-0.25, -0.2) is 0 Å². The van der Waals surface area contributed by atoms with Gasteiger partial charge in [0, 0.05) is 36.0 Å². The summed E-state index contributed by atoms with van der Waals surface area (Å²) in [5.74, 6) is 1.23. The van der Waals surface area contributed by atoms with Crippen LogP contribution in [-0.2, 0) is 13.7 Å². The van der Waals surface area contributed by atoms with Crippen molar-refractivity contribution in [1.29, 1.82) is 0 Å². The van der Waals surface area contributed by atoms with Crippen molar-refractivity contribution in [3.05, 3.63) is 75.8 Å². The molecule has 0 aliphatic heterocycles. The lowest BCUT2D eigenvalue weighted by Gasteiger charge is -2.12. The van der Waals surface area contributed by atoms with Crippen LogP contribution >= 0.6 is 0 Å². The summed E-state index contributed by atoms with van der Waals surface area (Å²) >= 11 is 0. The molecule has 0 atom stereocenters. The van der Waals surface area contributed by atoms with Gasteiger partial charge in [0.1, 0.15) is 23.7 Å². The van der Waals surface area contributed by atoms with Crippen LogP contribution in [0.1, 0.15) is 16.7 Å². The standard InChI is InChI=1S/C22H20N2O4/c1-13-20(24(3)22(26)14(2)21(13)25)19-10-16-9-17(6-7-18(16)28-19)27-12-15-5-4-8-23-11-15/h4-11,25H,12H2,1-3H3. The molecule has 1 aromatic carbocycles. The number of nitrogens with zero attached hydrogens (tertiary/aromatic N) is 2. The van der Waals surface area contributed by atoms with Crippen molar-refractivity contribution in [1.82, 2.24) is 9.55 Å². The number of pyridine rings is 2. The quantitative estimate of drug-likeness (QED) is 0.580. The van der Waals surface area contributed by atoms with Gasteiger partial charge in [0.2, 0.25) is 0 Å². The molecule has 6 heteroatoms. The van der Waals surface area contributed by atoms with Gasteiger partial charge < -0.3 is 18.8 Å². The maximum Gasteiger partial charge on any atom is 0.257 e. The normalized spacial score (nSPS) is 11.1. The molecule has 1 N–H and O–H groups in total. The van der Waals surface area contributed by atoms with Crippen molar-refractivity contribution < 1.29 is 14.3 Å². The number of hydrogen-bond acceptors (Lipinski definition) is 5. The number of hydrogen-bond donors (Lipinski definition) is 1. The summed E-state index contributed by atoms with van der Waals surface area (Å²) in [6.45, 7) is 3.80. The van der Waals surface area contributed by atoms with Crippen LogP contribution in [0.5, 0.6) is 11.5 Å². The molecule has 3 aromatic heterocycles. The molecule has 28 heavy (non-hydrogen) atoms. The molecule has 142 valence electrons. The van der Waals surface area contributed by atoms with Crippen LogP contribution < -0.4 is 10.3 Å². The molecule has 0 saturated carbocycles. The highest BCUT2D eigenvalue weighted by molar-refractivity contribution is 5.84. The van der Waals surface area contributed by atoms with Crippen LogP contribution in [0.3, 0.4) is 0 Å². The summed E-state index contributed by atoms with van der Waals surface area (Å²) in [6.07, 6.45) is 3.49. The van der Waals surface area contributed by atoms with E-state index < -0.39 is 0 Å². The van der Waals surface area contributed by atoms with Crippen molar-refractivity contribution >= 4 is 11.0 Å². The van der Waals surface area contributed by atoms with Crippen molar-refractivity contribution in [2.45, 2.75) is 20.5 Å². The molecule has 0 amide bonds. The number of rotatable bonds is 4. The molecular formula is C22H20N2O4. The van der Waals surface area contributed by atoms with E-state index in [1.165, 1.54) is 4.57 Å². The Kier molecular flexibility index (Phi) is 4.39. The predicted octanol–water partition coefficient (Wildman–Crippen LogP) is 4.09. The molecule has 6 nitrogen and oxygen atoms in total. The maximum absolute atomic E-state index is 12.4. The lowest BCUT2D eigenvalue weighted by Crippen LogP contribution is -2.21. The topological polar surface area (TPSA) is 77.5 Å². The van der Waals surface area contributed by atoms with Crippen LogP contribution in [0.4, 0.5) is 0 Å². The molecule has 3 heterocycles. The molecule has 0 bridgehead atoms. The van der Waals surface area contributed by atoms with Crippen LogP contribution in [0.2, 0.25) is 0 Å². The Labute approximate surface area is 161 Å². The fourth-order valence-electron chi connectivity index (χ4n) is 3.33. The minimum absolute atomic E-state index is 0.000881. The van der Waals surface area contributed by atoms with Crippen LogP contribution in [0.25, 0.3) is 22.4 Å². The first-order valence-corrected chi connectivity index (χ1v) is 8.90. The van der Waals surface area contributed by atoms with Crippen molar-refractivity contribution in [3.63, 3.8) is 0 Å². The number of ether oxygens (including phenoxy) is 1. The van der Waals surface area contributed by atoms with E-state index in [-0.39, 0.29) is 11.3 Å². The molecular weight excluding hydrogens is 356 g/mol. The van der Waals surface area contributed by atoms with Gasteiger partial charge in [0.25, 0.3) is 5.56 Å². The number of aromatic hydroxyl groups is 1. The zero-order chi connectivity index (χ0) is 19.8. The van der Waals surface area contributed by atoms with E-state index in [2.05, 4.69) is 4.98 Å². The smallest absolute Gasteiger partial charge is 0.257 e.